The maximum atomic E-state index is 12.8. The molecule has 0 amide bonds. The van der Waals surface area contributed by atoms with Crippen LogP contribution in [0.25, 0.3) is 32.7 Å². The van der Waals surface area contributed by atoms with Gasteiger partial charge in [0.25, 0.3) is 6.54 Å². The van der Waals surface area contributed by atoms with Gasteiger partial charge in [-0.05, 0) is 45.2 Å². The molecule has 0 saturated carbocycles. The van der Waals surface area contributed by atoms with Gasteiger partial charge in [0.15, 0.2) is 37.4 Å². The lowest BCUT2D eigenvalue weighted by Crippen LogP contribution is -2.75. The van der Waals surface area contributed by atoms with Gasteiger partial charge in [0.2, 0.25) is 0 Å². The monoisotopic (exact) mass is 580 g/mol. The van der Waals surface area contributed by atoms with Crippen molar-refractivity contribution in [2.24, 2.45) is 4.99 Å². The van der Waals surface area contributed by atoms with Gasteiger partial charge in [0, 0.05) is 42.7 Å². The number of nitrogens with zero attached hydrogens (tertiary/aromatic N) is 3. The highest BCUT2D eigenvalue weighted by atomic mass is 16.3. The fourth-order valence-corrected chi connectivity index (χ4v) is 5.78. The second-order valence-corrected chi connectivity index (χ2v) is 11.2. The van der Waals surface area contributed by atoms with Crippen LogP contribution in [-0.2, 0) is 13.1 Å². The topological polar surface area (TPSA) is 77.4 Å². The number of pyridine rings is 2. The molecule has 0 saturated heterocycles. The summed E-state index contributed by atoms with van der Waals surface area (Å²) in [7, 11) is 0. The zero-order chi connectivity index (χ0) is 30.5. The molecule has 0 aliphatic heterocycles. The van der Waals surface area contributed by atoms with Crippen molar-refractivity contribution in [3.05, 3.63) is 145 Å². The first kappa shape index (κ1) is 28.7. The Morgan fingerprint density at radius 1 is 0.659 bits per heavy atom. The molecule has 6 rings (SSSR count). The van der Waals surface area contributed by atoms with Gasteiger partial charge in [0.05, 0.1) is 6.04 Å². The fraction of sp³-hybridized carbons (Fsp3) is 0.158. The average Bonchev–Trinajstić information content (AvgIpc) is 3.04. The number of hydrogen-bond acceptors (Lipinski definition) is 2. The Morgan fingerprint density at radius 2 is 1.14 bits per heavy atom. The molecule has 0 unspecified atom stereocenters. The number of rotatable bonds is 9. The molecule has 0 aliphatic carbocycles. The minimum Gasteiger partial charge on any atom is -0.858 e. The lowest BCUT2D eigenvalue weighted by Gasteiger charge is -2.15. The molecule has 2 N–H and O–H groups in total. The number of aliphatic hydroxyl groups is 1. The normalized spacial score (nSPS) is 13.7. The number of fused-ring (bicyclic) bond motifs is 2. The third-order valence-corrected chi connectivity index (χ3v) is 8.05. The summed E-state index contributed by atoms with van der Waals surface area (Å²) in [6.07, 6.45) is 7.72. The van der Waals surface area contributed by atoms with Crippen LogP contribution >= 0.6 is 0 Å². The summed E-state index contributed by atoms with van der Waals surface area (Å²) in [6.45, 7) is 4.55. The van der Waals surface area contributed by atoms with Crippen LogP contribution < -0.4 is 19.2 Å². The van der Waals surface area contributed by atoms with E-state index in [0.717, 1.165) is 33.0 Å². The van der Waals surface area contributed by atoms with E-state index in [9.17, 15) is 10.2 Å². The quantitative estimate of drug-likeness (QED) is 0.150. The van der Waals surface area contributed by atoms with Gasteiger partial charge < -0.3 is 10.2 Å². The third kappa shape index (κ3) is 6.50. The first-order valence-electron chi connectivity index (χ1n) is 14.9. The Kier molecular flexibility index (Phi) is 8.41. The van der Waals surface area contributed by atoms with Crippen molar-refractivity contribution in [2.75, 3.05) is 0 Å². The Bertz CT molecular complexity index is 1810. The van der Waals surface area contributed by atoms with E-state index in [1.165, 1.54) is 10.8 Å². The molecular weight excluding hydrogens is 544 g/mol. The molecule has 6 aromatic rings. The Morgan fingerprint density at radius 3 is 1.73 bits per heavy atom. The lowest BCUT2D eigenvalue weighted by molar-refractivity contribution is -0.691. The smallest absolute Gasteiger partial charge is 0.400 e. The van der Waals surface area contributed by atoms with Crippen LogP contribution in [0.2, 0.25) is 0 Å². The van der Waals surface area contributed by atoms with Gasteiger partial charge in [-0.3, -0.25) is 4.99 Å². The summed E-state index contributed by atoms with van der Waals surface area (Å²) in [5.41, 5.74) is 4.29. The molecule has 2 aromatic heterocycles. The zero-order valence-electron chi connectivity index (χ0n) is 25.0. The SMILES string of the molecule is C[C@@H](N=C([O-])C[n+]1ccc(-c2cc[n+](CC(O)=[NH+][C@H](C)c3cccc4ccccc34)cc2)cc1)c1cccc2ccccc12. The molecule has 0 aliphatic rings. The maximum absolute atomic E-state index is 12.8. The number of nitrogens with one attached hydrogen (secondary N) is 1. The van der Waals surface area contributed by atoms with Crippen molar-refractivity contribution >= 4 is 33.3 Å². The third-order valence-electron chi connectivity index (χ3n) is 8.05. The number of benzene rings is 4. The van der Waals surface area contributed by atoms with E-state index in [1.54, 1.807) is 0 Å². The van der Waals surface area contributed by atoms with Crippen molar-refractivity contribution in [2.45, 2.75) is 39.0 Å². The first-order chi connectivity index (χ1) is 21.4. The van der Waals surface area contributed by atoms with Crippen LogP contribution in [0.15, 0.2) is 139 Å². The van der Waals surface area contributed by atoms with Crippen LogP contribution in [0, 0.1) is 0 Å². The van der Waals surface area contributed by atoms with Crippen molar-refractivity contribution in [3.8, 4) is 11.1 Å². The summed E-state index contributed by atoms with van der Waals surface area (Å²) in [5, 5.41) is 28.1. The first-order valence-corrected chi connectivity index (χ1v) is 14.9. The van der Waals surface area contributed by atoms with Crippen molar-refractivity contribution < 1.29 is 24.3 Å². The predicted octanol–water partition coefficient (Wildman–Crippen LogP) is 4.55. The molecule has 0 spiro atoms. The molecule has 0 bridgehead atoms. The van der Waals surface area contributed by atoms with Gasteiger partial charge in [-0.25, -0.2) is 9.56 Å². The van der Waals surface area contributed by atoms with Crippen LogP contribution in [0.5, 0.6) is 0 Å². The number of aliphatic hydroxyl groups excluding tert-OH is 1. The van der Waals surface area contributed by atoms with Crippen molar-refractivity contribution in [1.82, 2.24) is 0 Å². The largest absolute Gasteiger partial charge is 0.858 e. The molecular formula is C38H36N4O2+2. The number of hydrogen-bond donors (Lipinski definition) is 2. The van der Waals surface area contributed by atoms with Gasteiger partial charge in [0.1, 0.15) is 0 Å². The highest BCUT2D eigenvalue weighted by Crippen LogP contribution is 2.26. The van der Waals surface area contributed by atoms with E-state index in [4.69, 9.17) is 0 Å². The Hall–Kier alpha value is -5.36. The van der Waals surface area contributed by atoms with E-state index < -0.39 is 0 Å². The molecule has 2 heterocycles. The molecule has 44 heavy (non-hydrogen) atoms. The number of aliphatic imine (C=N–C) groups is 1. The van der Waals surface area contributed by atoms with Gasteiger partial charge in [-0.2, -0.15) is 4.57 Å². The van der Waals surface area contributed by atoms with Crippen molar-refractivity contribution in [3.63, 3.8) is 0 Å². The van der Waals surface area contributed by atoms with Gasteiger partial charge in [-0.15, -0.1) is 0 Å². The second kappa shape index (κ2) is 12.9. The molecule has 0 radical (unpaired) electrons. The zero-order valence-corrected chi connectivity index (χ0v) is 25.0. The van der Waals surface area contributed by atoms with E-state index >= 15 is 0 Å². The summed E-state index contributed by atoms with van der Waals surface area (Å²) < 4.78 is 3.78. The molecule has 6 heteroatoms. The van der Waals surface area contributed by atoms with E-state index in [-0.39, 0.29) is 30.4 Å². The van der Waals surface area contributed by atoms with E-state index in [1.807, 2.05) is 108 Å². The minimum atomic E-state index is -0.224. The minimum absolute atomic E-state index is 0.0434. The summed E-state index contributed by atoms with van der Waals surface area (Å²) in [5.74, 6) is 0.0390. The standard InChI is InChI=1S/C38H34N4O2/c1-27(33-15-7-11-31-9-3-5-13-35(31)33)39-37(43)25-41-21-17-29(18-22-41)30-19-23-42(24-20-30)26-38(44)40-28(2)34-16-8-12-32-10-4-6-14-36(32)34/h3-24,27-28H,25-26H2,1-2H3/p+2/t27-,28-/m1/s1. The second-order valence-electron chi connectivity index (χ2n) is 11.2. The summed E-state index contributed by atoms with van der Waals surface area (Å²) >= 11 is 0. The van der Waals surface area contributed by atoms with Gasteiger partial charge >= 0.3 is 5.90 Å². The van der Waals surface area contributed by atoms with Crippen LogP contribution in [0.3, 0.4) is 0 Å². The maximum Gasteiger partial charge on any atom is 0.400 e. The molecule has 6 nitrogen and oxygen atoms in total. The Balaban J connectivity index is 1.08. The average molecular weight is 581 g/mol. The van der Waals surface area contributed by atoms with E-state index in [2.05, 4.69) is 59.4 Å². The number of aromatic nitrogens is 2. The molecule has 218 valence electrons. The highest BCUT2D eigenvalue weighted by Gasteiger charge is 2.18. The summed E-state index contributed by atoms with van der Waals surface area (Å²) in [4.78, 5) is 7.71. The molecule has 4 aromatic carbocycles. The van der Waals surface area contributed by atoms with Gasteiger partial charge in [-0.1, -0.05) is 84.9 Å². The molecule has 0 fully saturated rings. The van der Waals surface area contributed by atoms with Crippen LogP contribution in [-0.4, -0.2) is 16.9 Å². The fourth-order valence-electron chi connectivity index (χ4n) is 5.78. The lowest BCUT2D eigenvalue weighted by atomic mass is 10.00. The predicted molar refractivity (Wildman–Crippen MR) is 173 cm³/mol. The van der Waals surface area contributed by atoms with Crippen LogP contribution in [0.4, 0.5) is 0 Å². The van der Waals surface area contributed by atoms with Crippen LogP contribution in [0.1, 0.15) is 37.1 Å². The van der Waals surface area contributed by atoms with Crippen molar-refractivity contribution in [1.29, 1.82) is 0 Å². The highest BCUT2D eigenvalue weighted by molar-refractivity contribution is 5.87. The molecule has 2 atom stereocenters. The Labute approximate surface area is 257 Å². The van der Waals surface area contributed by atoms with E-state index in [0.29, 0.717) is 6.54 Å². The summed E-state index contributed by atoms with van der Waals surface area (Å²) in [6, 6.07) is 36.6.